The zero-order valence-electron chi connectivity index (χ0n) is 41.3. The smallest absolute Gasteiger partial charge is 0.407 e. The Morgan fingerprint density at radius 1 is 0.533 bits per heavy atom. The molecule has 0 saturated carbocycles. The number of carboxylic acids is 3. The Labute approximate surface area is 435 Å². The number of aliphatic carboxylic acids is 3. The van der Waals surface area contributed by atoms with Crippen molar-refractivity contribution in [3.05, 3.63) is 59.7 Å². The SMILES string of the molecule is CSCC[C@H](NC(=O)[C@H](CCC(N)=O)NC(=O)[C@H](CCCN=C(N)N)NC(=O)[C@H](CCCN=C(N)N)NC(=O)OCC1c2ccccc2-c2ccccc21)C(=O)N[C@@H](CCC(=O)O)C(=O)N[C@@H](CCC(=O)O)C(=O)O. The molecule has 410 valence electrons. The number of benzene rings is 2. The Morgan fingerprint density at radius 3 is 1.31 bits per heavy atom. The molecule has 0 heterocycles. The zero-order valence-corrected chi connectivity index (χ0v) is 42.1. The molecule has 19 N–H and O–H groups in total. The number of primary amides is 1. The third kappa shape index (κ3) is 21.4. The average Bonchev–Trinajstić information content (AvgIpc) is 3.67. The second-order valence-corrected chi connectivity index (χ2v) is 18.2. The van der Waals surface area contributed by atoms with Crippen LogP contribution in [0.25, 0.3) is 11.1 Å². The number of amides is 7. The number of hydrogen-bond donors (Lipinski definition) is 14. The molecule has 1 aliphatic rings. The highest BCUT2D eigenvalue weighted by atomic mass is 32.2. The predicted molar refractivity (Wildman–Crippen MR) is 274 cm³/mol. The number of fused-ring (bicyclic) bond motifs is 3. The van der Waals surface area contributed by atoms with E-state index in [1.807, 2.05) is 48.5 Å². The second-order valence-electron chi connectivity index (χ2n) is 17.2. The molecule has 2 aromatic rings. The number of carboxylic acid groups (broad SMARTS) is 3. The first-order valence-electron chi connectivity index (χ1n) is 23.8. The van der Waals surface area contributed by atoms with Crippen LogP contribution in [-0.4, -0.2) is 155 Å². The summed E-state index contributed by atoms with van der Waals surface area (Å²) in [7, 11) is 0. The highest BCUT2D eigenvalue weighted by Crippen LogP contribution is 2.44. The highest BCUT2D eigenvalue weighted by Gasteiger charge is 2.35. The van der Waals surface area contributed by atoms with Crippen LogP contribution in [0.5, 0.6) is 0 Å². The Morgan fingerprint density at radius 2 is 0.907 bits per heavy atom. The number of thioether (sulfide) groups is 1. The number of nitrogens with one attached hydrogen (secondary N) is 6. The number of rotatable bonds is 34. The lowest BCUT2D eigenvalue weighted by atomic mass is 9.98. The molecule has 6 atom stereocenters. The van der Waals surface area contributed by atoms with Crippen molar-refractivity contribution >= 4 is 83.1 Å². The molecule has 0 unspecified atom stereocenters. The lowest BCUT2D eigenvalue weighted by Gasteiger charge is -2.27. The minimum absolute atomic E-state index is 0.00940. The van der Waals surface area contributed by atoms with E-state index < -0.39 is 134 Å². The van der Waals surface area contributed by atoms with Gasteiger partial charge in [0.1, 0.15) is 42.9 Å². The van der Waals surface area contributed by atoms with Crippen LogP contribution in [0, 0.1) is 0 Å². The van der Waals surface area contributed by atoms with Crippen molar-refractivity contribution in [3.8, 4) is 11.1 Å². The summed E-state index contributed by atoms with van der Waals surface area (Å²) in [5.74, 6) is -10.8. The molecule has 0 aromatic heterocycles. The minimum atomic E-state index is -1.72. The molecule has 75 heavy (non-hydrogen) atoms. The van der Waals surface area contributed by atoms with Gasteiger partial charge in [-0.15, -0.1) is 0 Å². The van der Waals surface area contributed by atoms with Gasteiger partial charge in [-0.25, -0.2) is 9.59 Å². The molecule has 27 nitrogen and oxygen atoms in total. The van der Waals surface area contributed by atoms with Crippen LogP contribution in [0.1, 0.15) is 87.7 Å². The summed E-state index contributed by atoms with van der Waals surface area (Å²) in [6, 6.07) is 6.06. The molecule has 0 aliphatic heterocycles. The number of hydrogen-bond acceptors (Lipinski definition) is 14. The van der Waals surface area contributed by atoms with Crippen LogP contribution in [-0.2, 0) is 47.9 Å². The van der Waals surface area contributed by atoms with Crippen molar-refractivity contribution in [1.29, 1.82) is 0 Å². The van der Waals surface area contributed by atoms with Gasteiger partial charge in [-0.3, -0.25) is 48.3 Å². The van der Waals surface area contributed by atoms with Gasteiger partial charge in [0.05, 0.1) is 0 Å². The molecular weight excluding hydrogens is 1000 g/mol. The van der Waals surface area contributed by atoms with Gasteiger partial charge < -0.3 is 80.6 Å². The summed E-state index contributed by atoms with van der Waals surface area (Å²) < 4.78 is 5.70. The van der Waals surface area contributed by atoms with E-state index >= 15 is 0 Å². The second kappa shape index (κ2) is 31.4. The summed E-state index contributed by atoms with van der Waals surface area (Å²) >= 11 is 1.25. The molecular formula is C47H67N13O14S. The summed E-state index contributed by atoms with van der Waals surface area (Å²) in [6.45, 7) is -0.0371. The van der Waals surface area contributed by atoms with Crippen molar-refractivity contribution in [2.75, 3.05) is 31.7 Å². The fraction of sp³-hybridized carbons (Fsp3) is 0.489. The zero-order chi connectivity index (χ0) is 55.6. The maximum absolute atomic E-state index is 14.2. The topological polar surface area (TPSA) is 468 Å². The van der Waals surface area contributed by atoms with Crippen LogP contribution >= 0.6 is 11.8 Å². The lowest BCUT2D eigenvalue weighted by Crippen LogP contribution is -2.59. The maximum atomic E-state index is 14.2. The summed E-state index contributed by atoms with van der Waals surface area (Å²) in [6.07, 6.45) is -2.63. The summed E-state index contributed by atoms with van der Waals surface area (Å²) in [4.78, 5) is 137. The molecule has 28 heteroatoms. The van der Waals surface area contributed by atoms with Gasteiger partial charge in [0.15, 0.2) is 11.9 Å². The molecule has 0 spiro atoms. The van der Waals surface area contributed by atoms with E-state index in [0.29, 0.717) is 0 Å². The van der Waals surface area contributed by atoms with E-state index in [4.69, 9.17) is 38.5 Å². The number of carbonyl (C=O) groups excluding carboxylic acids is 7. The fourth-order valence-corrected chi connectivity index (χ4v) is 8.28. The Hall–Kier alpha value is -8.17. The summed E-state index contributed by atoms with van der Waals surface area (Å²) in [5, 5.41) is 42.6. The highest BCUT2D eigenvalue weighted by molar-refractivity contribution is 7.98. The fourth-order valence-electron chi connectivity index (χ4n) is 7.81. The molecule has 2 aromatic carbocycles. The molecule has 0 fully saturated rings. The predicted octanol–water partition coefficient (Wildman–Crippen LogP) is -1.74. The van der Waals surface area contributed by atoms with Gasteiger partial charge in [0, 0.05) is 38.3 Å². The Bertz CT molecular complexity index is 2370. The number of alkyl carbamates (subject to hydrolysis) is 1. The first-order chi connectivity index (χ1) is 35.6. The first kappa shape index (κ1) is 61.1. The Balaban J connectivity index is 1.88. The van der Waals surface area contributed by atoms with Gasteiger partial charge in [0.2, 0.25) is 35.4 Å². The van der Waals surface area contributed by atoms with Crippen LogP contribution in [0.2, 0.25) is 0 Å². The van der Waals surface area contributed by atoms with Crippen LogP contribution in [0.15, 0.2) is 58.5 Å². The quantitative estimate of drug-likeness (QED) is 0.0210. The third-order valence-corrected chi connectivity index (χ3v) is 12.2. The van der Waals surface area contributed by atoms with Gasteiger partial charge >= 0.3 is 24.0 Å². The number of nitrogens with zero attached hydrogens (tertiary/aromatic N) is 2. The number of ether oxygens (including phenoxy) is 1. The van der Waals surface area contributed by atoms with Crippen molar-refractivity contribution in [2.24, 2.45) is 38.7 Å². The summed E-state index contributed by atoms with van der Waals surface area (Å²) in [5.41, 5.74) is 31.3. The van der Waals surface area contributed by atoms with E-state index in [9.17, 15) is 58.2 Å². The van der Waals surface area contributed by atoms with Crippen LogP contribution < -0.4 is 60.6 Å². The van der Waals surface area contributed by atoms with Gasteiger partial charge in [-0.2, -0.15) is 11.8 Å². The molecule has 0 radical (unpaired) electrons. The third-order valence-electron chi connectivity index (χ3n) is 11.6. The van der Waals surface area contributed by atoms with Crippen molar-refractivity contribution in [1.82, 2.24) is 31.9 Å². The van der Waals surface area contributed by atoms with Crippen molar-refractivity contribution in [2.45, 2.75) is 113 Å². The Kier molecular flexibility index (Phi) is 25.6. The van der Waals surface area contributed by atoms with E-state index in [1.54, 1.807) is 6.26 Å². The van der Waals surface area contributed by atoms with Crippen LogP contribution in [0.3, 0.4) is 0 Å². The molecule has 1 aliphatic carbocycles. The number of aliphatic imine (C=N–C) groups is 2. The standard InChI is InChI=1S/C47H67N13O14S/c1-75-23-20-34(43(70)57-33(15-18-37(62)63)42(69)59-35(44(71)72)16-19-38(64)65)58-41(68)32(14-17-36(48)61)56-39(66)30(12-6-21-53-45(49)50)55-40(67)31(13-7-22-54-46(51)52)60-47(73)74-24-29-27-10-4-2-8-25(27)26-9-3-5-11-28(26)29/h2-5,8-11,29-35H,6-7,12-24H2,1H3,(H2,48,61)(H,55,67)(H,56,66)(H,57,70)(H,58,68)(H,59,69)(H,60,73)(H,62,63)(H,64,65)(H,71,72)(H4,49,50,53)(H4,51,52,54)/t30-,31-,32-,33-,34-,35-/m0/s1. The number of carbonyl (C=O) groups is 10. The monoisotopic (exact) mass is 1070 g/mol. The normalized spacial score (nSPS) is 13.8. The van der Waals surface area contributed by atoms with Gasteiger partial charge in [-0.05, 0) is 85.6 Å². The van der Waals surface area contributed by atoms with Gasteiger partial charge in [-0.1, -0.05) is 48.5 Å². The number of nitrogens with two attached hydrogens (primary N) is 5. The molecule has 7 amide bonds. The van der Waals surface area contributed by atoms with E-state index in [0.717, 1.165) is 22.3 Å². The van der Waals surface area contributed by atoms with Crippen molar-refractivity contribution < 1.29 is 68.0 Å². The molecule has 0 bridgehead atoms. The largest absolute Gasteiger partial charge is 0.481 e. The van der Waals surface area contributed by atoms with E-state index in [2.05, 4.69) is 41.9 Å². The van der Waals surface area contributed by atoms with Gasteiger partial charge in [0.25, 0.3) is 0 Å². The minimum Gasteiger partial charge on any atom is -0.481 e. The number of guanidine groups is 2. The van der Waals surface area contributed by atoms with Crippen molar-refractivity contribution in [3.63, 3.8) is 0 Å². The van der Waals surface area contributed by atoms with E-state index in [1.165, 1.54) is 11.8 Å². The maximum Gasteiger partial charge on any atom is 0.407 e. The average molecular weight is 1070 g/mol. The lowest BCUT2D eigenvalue weighted by molar-refractivity contribution is -0.144. The molecule has 0 saturated heterocycles. The van der Waals surface area contributed by atoms with E-state index in [-0.39, 0.29) is 75.4 Å². The molecule has 3 rings (SSSR count). The first-order valence-corrected chi connectivity index (χ1v) is 25.2. The van der Waals surface area contributed by atoms with Crippen LogP contribution in [0.4, 0.5) is 4.79 Å².